The van der Waals surface area contributed by atoms with Crippen molar-refractivity contribution in [2.45, 2.75) is 19.4 Å². The fourth-order valence-electron chi connectivity index (χ4n) is 3.39. The molecule has 0 radical (unpaired) electrons. The van der Waals surface area contributed by atoms with Crippen LogP contribution in [0.4, 0.5) is 0 Å². The molecule has 0 aliphatic carbocycles. The fourth-order valence-corrected chi connectivity index (χ4v) is 4.29. The molecule has 1 atom stereocenters. The summed E-state index contributed by atoms with van der Waals surface area (Å²) in [5, 5.41) is 4.44. The topological polar surface area (TPSA) is 84.8 Å². The van der Waals surface area contributed by atoms with Gasteiger partial charge >= 0.3 is 0 Å². The number of hydrazone groups is 1. The molecule has 8 heteroatoms. The van der Waals surface area contributed by atoms with E-state index in [1.807, 2.05) is 49.4 Å². The normalized spacial score (nSPS) is 17.0. The van der Waals surface area contributed by atoms with Crippen LogP contribution in [0.2, 0.25) is 0 Å². The Morgan fingerprint density at radius 2 is 1.86 bits per heavy atom. The van der Waals surface area contributed by atoms with Crippen LogP contribution in [-0.2, 0) is 10.0 Å². The number of hydrogen-bond acceptors (Lipinski definition) is 6. The van der Waals surface area contributed by atoms with Gasteiger partial charge in [-0.15, -0.1) is 0 Å². The first kappa shape index (κ1) is 18.4. The summed E-state index contributed by atoms with van der Waals surface area (Å²) in [6.07, 6.45) is 4.86. The number of para-hydroxylation sites is 1. The number of fused-ring (bicyclic) bond motifs is 1. The van der Waals surface area contributed by atoms with Gasteiger partial charge in [-0.05, 0) is 42.8 Å². The summed E-state index contributed by atoms with van der Waals surface area (Å²) >= 11 is 0. The van der Waals surface area contributed by atoms with E-state index in [4.69, 9.17) is 4.74 Å². The van der Waals surface area contributed by atoms with E-state index in [9.17, 15) is 8.42 Å². The fraction of sp³-hybridized carbons (Fsp3) is 0.250. The van der Waals surface area contributed by atoms with Crippen LogP contribution in [0.15, 0.2) is 60.0 Å². The minimum Gasteiger partial charge on any atom is -0.494 e. The van der Waals surface area contributed by atoms with E-state index in [2.05, 4.69) is 15.1 Å². The third-order valence-electron chi connectivity index (χ3n) is 4.60. The summed E-state index contributed by atoms with van der Waals surface area (Å²) < 4.78 is 31.5. The van der Waals surface area contributed by atoms with Crippen molar-refractivity contribution in [3.05, 3.63) is 66.0 Å². The Kier molecular flexibility index (Phi) is 4.72. The van der Waals surface area contributed by atoms with Crippen molar-refractivity contribution in [2.75, 3.05) is 12.9 Å². The Morgan fingerprint density at radius 3 is 2.57 bits per heavy atom. The van der Waals surface area contributed by atoms with Crippen molar-refractivity contribution in [2.24, 2.45) is 5.10 Å². The maximum atomic E-state index is 12.4. The molecule has 4 rings (SSSR count). The second-order valence-electron chi connectivity index (χ2n) is 6.53. The molecule has 144 valence electrons. The van der Waals surface area contributed by atoms with Crippen molar-refractivity contribution in [3.63, 3.8) is 0 Å². The van der Waals surface area contributed by atoms with Gasteiger partial charge in [-0.1, -0.05) is 12.1 Å². The Hall–Kier alpha value is -3.00. The van der Waals surface area contributed by atoms with Crippen LogP contribution in [0.25, 0.3) is 11.0 Å². The van der Waals surface area contributed by atoms with Gasteiger partial charge in [-0.2, -0.15) is 9.52 Å². The van der Waals surface area contributed by atoms with E-state index < -0.39 is 16.1 Å². The van der Waals surface area contributed by atoms with Gasteiger partial charge in [0.2, 0.25) is 10.0 Å². The van der Waals surface area contributed by atoms with Gasteiger partial charge in [0.05, 0.1) is 35.6 Å². The second-order valence-corrected chi connectivity index (χ2v) is 8.37. The average molecular weight is 396 g/mol. The van der Waals surface area contributed by atoms with E-state index in [1.165, 1.54) is 10.7 Å². The molecule has 2 heterocycles. The highest BCUT2D eigenvalue weighted by molar-refractivity contribution is 7.88. The van der Waals surface area contributed by atoms with E-state index >= 15 is 0 Å². The SMILES string of the molecule is CCOc1ccc(C2=NN(S(C)(=O)=O)[C@@H](c3cccc4nccnc34)C2)cc1. The minimum atomic E-state index is -3.55. The molecule has 2 aromatic carbocycles. The Balaban J connectivity index is 1.75. The zero-order valence-corrected chi connectivity index (χ0v) is 16.4. The largest absolute Gasteiger partial charge is 0.494 e. The second kappa shape index (κ2) is 7.20. The van der Waals surface area contributed by atoms with E-state index in [0.717, 1.165) is 22.4 Å². The van der Waals surface area contributed by atoms with E-state index in [-0.39, 0.29) is 0 Å². The molecule has 3 aromatic rings. The van der Waals surface area contributed by atoms with Crippen LogP contribution >= 0.6 is 0 Å². The maximum Gasteiger partial charge on any atom is 0.247 e. The molecule has 1 aromatic heterocycles. The number of rotatable bonds is 5. The number of ether oxygens (including phenoxy) is 1. The van der Waals surface area contributed by atoms with Gasteiger partial charge in [-0.25, -0.2) is 8.42 Å². The lowest BCUT2D eigenvalue weighted by Crippen LogP contribution is -2.26. The number of sulfonamides is 1. The molecule has 1 aliphatic rings. The minimum absolute atomic E-state index is 0.455. The Morgan fingerprint density at radius 1 is 1.11 bits per heavy atom. The molecular weight excluding hydrogens is 376 g/mol. The number of benzene rings is 2. The van der Waals surface area contributed by atoms with E-state index in [0.29, 0.717) is 24.3 Å². The molecule has 0 fully saturated rings. The van der Waals surface area contributed by atoms with Gasteiger partial charge in [0.25, 0.3) is 0 Å². The van der Waals surface area contributed by atoms with Crippen molar-refractivity contribution >= 4 is 26.8 Å². The molecular formula is C20H20N4O3S. The van der Waals surface area contributed by atoms with Crippen molar-refractivity contribution in [3.8, 4) is 5.75 Å². The summed E-state index contributed by atoms with van der Waals surface area (Å²) in [7, 11) is -3.55. The van der Waals surface area contributed by atoms with Crippen LogP contribution in [-0.4, -0.2) is 41.4 Å². The standard InChI is InChI=1S/C20H20N4O3S/c1-3-27-15-9-7-14(8-10-15)18-13-19(24(23-18)28(2,25)26)16-5-4-6-17-20(16)22-12-11-21-17/h4-12,19H,3,13H2,1-2H3/t19-/m1/s1. The number of hydrogen-bond donors (Lipinski definition) is 0. The maximum absolute atomic E-state index is 12.4. The zero-order valence-electron chi connectivity index (χ0n) is 15.6. The third-order valence-corrected chi connectivity index (χ3v) is 5.62. The highest BCUT2D eigenvalue weighted by atomic mass is 32.2. The van der Waals surface area contributed by atoms with Crippen LogP contribution in [0.3, 0.4) is 0 Å². The average Bonchev–Trinajstić information content (AvgIpc) is 3.14. The van der Waals surface area contributed by atoms with Crippen LogP contribution < -0.4 is 4.74 Å². The summed E-state index contributed by atoms with van der Waals surface area (Å²) in [5.74, 6) is 0.769. The Bertz CT molecular complexity index is 1140. The zero-order chi connectivity index (χ0) is 19.7. The predicted octanol–water partition coefficient (Wildman–Crippen LogP) is 3.14. The highest BCUT2D eigenvalue weighted by Gasteiger charge is 2.35. The first-order valence-corrected chi connectivity index (χ1v) is 10.8. The molecule has 0 amide bonds. The van der Waals surface area contributed by atoms with Gasteiger partial charge in [0.1, 0.15) is 5.75 Å². The van der Waals surface area contributed by atoms with Crippen LogP contribution in [0.5, 0.6) is 5.75 Å². The van der Waals surface area contributed by atoms with E-state index in [1.54, 1.807) is 12.4 Å². The monoisotopic (exact) mass is 396 g/mol. The summed E-state index contributed by atoms with van der Waals surface area (Å²) in [4.78, 5) is 8.74. The molecule has 0 unspecified atom stereocenters. The highest BCUT2D eigenvalue weighted by Crippen LogP contribution is 2.37. The lowest BCUT2D eigenvalue weighted by molar-refractivity contribution is 0.340. The first-order chi connectivity index (χ1) is 13.5. The molecule has 1 aliphatic heterocycles. The lowest BCUT2D eigenvalue weighted by Gasteiger charge is -2.22. The third kappa shape index (κ3) is 3.43. The number of aromatic nitrogens is 2. The van der Waals surface area contributed by atoms with Gasteiger partial charge in [0.15, 0.2) is 0 Å². The van der Waals surface area contributed by atoms with Crippen molar-refractivity contribution in [1.29, 1.82) is 0 Å². The van der Waals surface area contributed by atoms with Gasteiger partial charge < -0.3 is 4.74 Å². The smallest absolute Gasteiger partial charge is 0.247 e. The lowest BCUT2D eigenvalue weighted by atomic mass is 9.98. The van der Waals surface area contributed by atoms with Crippen molar-refractivity contribution in [1.82, 2.24) is 14.4 Å². The summed E-state index contributed by atoms with van der Waals surface area (Å²) in [5.41, 5.74) is 3.78. The van der Waals surface area contributed by atoms with Gasteiger partial charge in [0, 0.05) is 24.4 Å². The van der Waals surface area contributed by atoms with Gasteiger partial charge in [-0.3, -0.25) is 9.97 Å². The predicted molar refractivity (Wildman–Crippen MR) is 108 cm³/mol. The van der Waals surface area contributed by atoms with Crippen LogP contribution in [0, 0.1) is 0 Å². The quantitative estimate of drug-likeness (QED) is 0.661. The molecule has 0 N–H and O–H groups in total. The molecule has 7 nitrogen and oxygen atoms in total. The molecule has 0 saturated heterocycles. The van der Waals surface area contributed by atoms with Crippen LogP contribution in [0.1, 0.15) is 30.5 Å². The molecule has 0 bridgehead atoms. The molecule has 0 spiro atoms. The first-order valence-electron chi connectivity index (χ1n) is 8.97. The summed E-state index contributed by atoms with van der Waals surface area (Å²) in [6.45, 7) is 2.52. The Labute approximate surface area is 163 Å². The molecule has 28 heavy (non-hydrogen) atoms. The van der Waals surface area contributed by atoms with Crippen molar-refractivity contribution < 1.29 is 13.2 Å². The number of nitrogens with zero attached hydrogens (tertiary/aromatic N) is 4. The molecule has 0 saturated carbocycles. The summed E-state index contributed by atoms with van der Waals surface area (Å²) in [6, 6.07) is 12.7.